The first-order valence-electron chi connectivity index (χ1n) is 5.24. The van der Waals surface area contributed by atoms with E-state index in [4.69, 9.17) is 5.41 Å². The lowest BCUT2D eigenvalue weighted by molar-refractivity contribution is 0.938. The second-order valence-corrected chi connectivity index (χ2v) is 3.56. The number of nitrogens with one attached hydrogen (secondary N) is 1. The van der Waals surface area contributed by atoms with Crippen LogP contribution in [0.15, 0.2) is 36.0 Å². The van der Waals surface area contributed by atoms with Gasteiger partial charge < -0.3 is 5.41 Å². The largest absolute Gasteiger partial charge is 0.305 e. The zero-order chi connectivity index (χ0) is 11.0. The Bertz CT molecular complexity index is 256. The zero-order valence-electron chi connectivity index (χ0n) is 9.67. The lowest BCUT2D eigenvalue weighted by Crippen LogP contribution is -1.93. The average molecular weight is 191 g/mol. The predicted molar refractivity (Wildman–Crippen MR) is 64.9 cm³/mol. The van der Waals surface area contributed by atoms with Crippen LogP contribution in [0.25, 0.3) is 0 Å². The second-order valence-electron chi connectivity index (χ2n) is 3.56. The van der Waals surface area contributed by atoms with Crippen LogP contribution in [-0.4, -0.2) is 5.71 Å². The minimum Gasteiger partial charge on any atom is -0.305 e. The molecule has 1 atom stereocenters. The summed E-state index contributed by atoms with van der Waals surface area (Å²) >= 11 is 0. The normalized spacial score (nSPS) is 19.1. The van der Waals surface area contributed by atoms with E-state index < -0.39 is 0 Å². The van der Waals surface area contributed by atoms with Gasteiger partial charge in [-0.1, -0.05) is 57.6 Å². The molecule has 0 amide bonds. The molecule has 0 bridgehead atoms. The van der Waals surface area contributed by atoms with Crippen LogP contribution >= 0.6 is 0 Å². The Morgan fingerprint density at radius 1 is 1.36 bits per heavy atom. The summed E-state index contributed by atoms with van der Waals surface area (Å²) in [7, 11) is 0. The van der Waals surface area contributed by atoms with Crippen molar-refractivity contribution >= 4 is 5.71 Å². The molecule has 0 spiro atoms. The molecule has 1 N–H and O–H groups in total. The summed E-state index contributed by atoms with van der Waals surface area (Å²) in [5.74, 6) is 0.445. The highest BCUT2D eigenvalue weighted by Gasteiger charge is 1.99. The Kier molecular flexibility index (Phi) is 6.73. The molecular formula is C13H21N. The van der Waals surface area contributed by atoms with Crippen LogP contribution in [0.4, 0.5) is 0 Å². The molecule has 0 fully saturated rings. The molecule has 0 aliphatic heterocycles. The molecule has 78 valence electrons. The number of hydrogen-bond donors (Lipinski definition) is 1. The molecule has 0 radical (unpaired) electrons. The van der Waals surface area contributed by atoms with Gasteiger partial charge in [0.05, 0.1) is 0 Å². The molecule has 14 heavy (non-hydrogen) atoms. The van der Waals surface area contributed by atoms with Gasteiger partial charge >= 0.3 is 0 Å². The summed E-state index contributed by atoms with van der Waals surface area (Å²) in [5, 5.41) is 7.43. The first kappa shape index (κ1) is 12.9. The minimum absolute atomic E-state index is 0.445. The fourth-order valence-electron chi connectivity index (χ4n) is 1.04. The van der Waals surface area contributed by atoms with E-state index in [1.807, 2.05) is 25.2 Å². The molecule has 1 nitrogen and oxygen atoms in total. The van der Waals surface area contributed by atoms with Gasteiger partial charge in [-0.25, -0.2) is 0 Å². The van der Waals surface area contributed by atoms with Crippen molar-refractivity contribution in [3.8, 4) is 0 Å². The Morgan fingerprint density at radius 3 is 2.43 bits per heavy atom. The maximum Gasteiger partial charge on any atom is 0.0352 e. The third-order valence-electron chi connectivity index (χ3n) is 1.68. The zero-order valence-corrected chi connectivity index (χ0v) is 9.67. The highest BCUT2D eigenvalue weighted by molar-refractivity contribution is 5.98. The summed E-state index contributed by atoms with van der Waals surface area (Å²) in [6.07, 6.45) is 11.4. The van der Waals surface area contributed by atoms with Crippen molar-refractivity contribution in [2.75, 3.05) is 0 Å². The van der Waals surface area contributed by atoms with Gasteiger partial charge in [-0.05, 0) is 18.4 Å². The topological polar surface area (TPSA) is 23.9 Å². The molecule has 1 unspecified atom stereocenters. The van der Waals surface area contributed by atoms with E-state index in [1.165, 1.54) is 6.42 Å². The van der Waals surface area contributed by atoms with Gasteiger partial charge in [-0.2, -0.15) is 0 Å². The Morgan fingerprint density at radius 2 is 1.93 bits per heavy atom. The maximum atomic E-state index is 7.43. The minimum atomic E-state index is 0.445. The fourth-order valence-corrected chi connectivity index (χ4v) is 1.04. The van der Waals surface area contributed by atoms with Crippen molar-refractivity contribution in [3.05, 3.63) is 36.0 Å². The van der Waals surface area contributed by atoms with E-state index in [0.29, 0.717) is 11.6 Å². The predicted octanol–water partition coefficient (Wildman–Crippen LogP) is 4.13. The summed E-state index contributed by atoms with van der Waals surface area (Å²) in [5.41, 5.74) is 1.67. The molecule has 0 heterocycles. The highest BCUT2D eigenvalue weighted by atomic mass is 14.4. The molecule has 1 rings (SSSR count). The van der Waals surface area contributed by atoms with E-state index in [-0.39, 0.29) is 0 Å². The Hall–Kier alpha value is -1.11. The van der Waals surface area contributed by atoms with Gasteiger partial charge in [0.2, 0.25) is 0 Å². The van der Waals surface area contributed by atoms with Crippen molar-refractivity contribution in [1.82, 2.24) is 0 Å². The van der Waals surface area contributed by atoms with Gasteiger partial charge in [0.1, 0.15) is 0 Å². The van der Waals surface area contributed by atoms with Gasteiger partial charge in [0.25, 0.3) is 0 Å². The maximum absolute atomic E-state index is 7.43. The van der Waals surface area contributed by atoms with Gasteiger partial charge in [0, 0.05) is 5.71 Å². The van der Waals surface area contributed by atoms with Crippen molar-refractivity contribution < 1.29 is 0 Å². The van der Waals surface area contributed by atoms with E-state index in [1.54, 1.807) is 0 Å². The Labute approximate surface area is 87.7 Å². The lowest BCUT2D eigenvalue weighted by atomic mass is 10.1. The lowest BCUT2D eigenvalue weighted by Gasteiger charge is -2.00. The summed E-state index contributed by atoms with van der Waals surface area (Å²) in [4.78, 5) is 0. The monoisotopic (exact) mass is 191 g/mol. The molecule has 0 aromatic rings. The summed E-state index contributed by atoms with van der Waals surface area (Å²) < 4.78 is 0. The van der Waals surface area contributed by atoms with Crippen LogP contribution in [0, 0.1) is 11.3 Å². The first-order chi connectivity index (χ1) is 6.61. The molecule has 1 aliphatic rings. The quantitative estimate of drug-likeness (QED) is 0.603. The molecule has 1 heteroatoms. The molecule has 0 saturated carbocycles. The van der Waals surface area contributed by atoms with Crippen LogP contribution in [0.1, 0.15) is 34.1 Å². The van der Waals surface area contributed by atoms with Crippen LogP contribution in [0.2, 0.25) is 0 Å². The van der Waals surface area contributed by atoms with Crippen LogP contribution in [-0.2, 0) is 0 Å². The fraction of sp³-hybridized carbons (Fsp3) is 0.462. The van der Waals surface area contributed by atoms with Crippen LogP contribution in [0.3, 0.4) is 0 Å². The van der Waals surface area contributed by atoms with Crippen molar-refractivity contribution in [1.29, 1.82) is 5.41 Å². The molecular weight excluding hydrogens is 170 g/mol. The van der Waals surface area contributed by atoms with Crippen LogP contribution in [0.5, 0.6) is 0 Å². The Balaban J connectivity index is 0.000000500. The molecule has 0 aromatic carbocycles. The van der Waals surface area contributed by atoms with Crippen LogP contribution < -0.4 is 0 Å². The third-order valence-corrected chi connectivity index (χ3v) is 1.68. The van der Waals surface area contributed by atoms with E-state index in [0.717, 1.165) is 5.57 Å². The van der Waals surface area contributed by atoms with Crippen molar-refractivity contribution in [2.24, 2.45) is 5.92 Å². The summed E-state index contributed by atoms with van der Waals surface area (Å²) in [6, 6.07) is 0. The highest BCUT2D eigenvalue weighted by Crippen LogP contribution is 2.11. The number of hydrogen-bond acceptors (Lipinski definition) is 1. The van der Waals surface area contributed by atoms with E-state index >= 15 is 0 Å². The third kappa shape index (κ3) is 5.52. The van der Waals surface area contributed by atoms with Gasteiger partial charge in [0.15, 0.2) is 0 Å². The standard InChI is InChI=1S/C10H13N.C3H8/c1-8-5-3-4-6-10(7-8)9(2)11;1-3-2/h3-8,11H,1-2H3;3H2,1-2H3. The van der Waals surface area contributed by atoms with E-state index in [9.17, 15) is 0 Å². The van der Waals surface area contributed by atoms with Crippen molar-refractivity contribution in [3.63, 3.8) is 0 Å². The molecule has 0 saturated heterocycles. The second kappa shape index (κ2) is 7.31. The van der Waals surface area contributed by atoms with Gasteiger partial charge in [-0.3, -0.25) is 0 Å². The summed E-state index contributed by atoms with van der Waals surface area (Å²) in [6.45, 7) is 8.18. The number of allylic oxidation sites excluding steroid dienone is 6. The molecule has 1 aliphatic carbocycles. The van der Waals surface area contributed by atoms with Gasteiger partial charge in [-0.15, -0.1) is 0 Å². The smallest absolute Gasteiger partial charge is 0.0352 e. The average Bonchev–Trinajstić information content (AvgIpc) is 2.31. The first-order valence-corrected chi connectivity index (χ1v) is 5.24. The SMILES string of the molecule is CC(=N)C1=CC(C)C=CC=C1.CCC. The number of rotatable bonds is 1. The van der Waals surface area contributed by atoms with E-state index in [2.05, 4.69) is 32.9 Å². The molecule has 0 aromatic heterocycles. The van der Waals surface area contributed by atoms with Crippen molar-refractivity contribution in [2.45, 2.75) is 34.1 Å².